The van der Waals surface area contributed by atoms with Gasteiger partial charge in [-0.25, -0.2) is 19.7 Å². The lowest BCUT2D eigenvalue weighted by Crippen LogP contribution is -2.25. The van der Waals surface area contributed by atoms with Gasteiger partial charge in [-0.1, -0.05) is 0 Å². The minimum atomic E-state index is -1.13. The van der Waals surface area contributed by atoms with E-state index in [-0.39, 0.29) is 23.4 Å². The molecule has 2 heterocycles. The van der Waals surface area contributed by atoms with Crippen LogP contribution in [0.1, 0.15) is 21.7 Å². The number of rotatable bonds is 3. The minimum absolute atomic E-state index is 0.0232. The van der Waals surface area contributed by atoms with Gasteiger partial charge in [0.15, 0.2) is 0 Å². The van der Waals surface area contributed by atoms with Gasteiger partial charge in [0.2, 0.25) is 0 Å². The van der Waals surface area contributed by atoms with Gasteiger partial charge in [-0.05, 0) is 29.5 Å². The number of aromatic carboxylic acids is 1. The Morgan fingerprint density at radius 3 is 2.89 bits per heavy atom. The van der Waals surface area contributed by atoms with Gasteiger partial charge in [0.25, 0.3) is 5.56 Å². The standard InChI is InChI=1S/C11H9IN4O3/c1-6-9(12)10(17)16(5-15-6)3-8-7(11(18)19)2-13-4-14-8/h2,4-5H,3H2,1H3,(H,18,19). The van der Waals surface area contributed by atoms with Gasteiger partial charge in [-0.15, -0.1) is 0 Å². The first-order valence-corrected chi connectivity index (χ1v) is 6.32. The maximum atomic E-state index is 12.0. The van der Waals surface area contributed by atoms with Crippen molar-refractivity contribution in [2.24, 2.45) is 0 Å². The normalized spacial score (nSPS) is 10.4. The first kappa shape index (κ1) is 13.6. The van der Waals surface area contributed by atoms with E-state index < -0.39 is 5.97 Å². The number of hydrogen-bond donors (Lipinski definition) is 1. The minimum Gasteiger partial charge on any atom is -0.478 e. The van der Waals surface area contributed by atoms with E-state index in [1.165, 1.54) is 23.4 Å². The molecule has 0 atom stereocenters. The van der Waals surface area contributed by atoms with Crippen LogP contribution in [0.4, 0.5) is 0 Å². The quantitative estimate of drug-likeness (QED) is 0.797. The largest absolute Gasteiger partial charge is 0.478 e. The fourth-order valence-electron chi connectivity index (χ4n) is 1.48. The lowest BCUT2D eigenvalue weighted by Gasteiger charge is -2.08. The van der Waals surface area contributed by atoms with Crippen molar-refractivity contribution in [2.75, 3.05) is 0 Å². The Morgan fingerprint density at radius 2 is 2.21 bits per heavy atom. The summed E-state index contributed by atoms with van der Waals surface area (Å²) in [5.74, 6) is -1.13. The first-order valence-electron chi connectivity index (χ1n) is 5.24. The second kappa shape index (κ2) is 5.43. The lowest BCUT2D eigenvalue weighted by atomic mass is 10.2. The molecule has 1 N–H and O–H groups in total. The molecule has 8 heteroatoms. The maximum Gasteiger partial charge on any atom is 0.339 e. The zero-order chi connectivity index (χ0) is 14.0. The van der Waals surface area contributed by atoms with Gasteiger partial charge < -0.3 is 5.11 Å². The molecule has 0 aliphatic carbocycles. The molecular formula is C11H9IN4O3. The van der Waals surface area contributed by atoms with Crippen LogP contribution in [0.15, 0.2) is 23.6 Å². The van der Waals surface area contributed by atoms with Crippen LogP contribution >= 0.6 is 22.6 Å². The molecule has 0 aliphatic rings. The van der Waals surface area contributed by atoms with Crippen molar-refractivity contribution < 1.29 is 9.90 Å². The van der Waals surface area contributed by atoms with Crippen molar-refractivity contribution in [2.45, 2.75) is 13.5 Å². The van der Waals surface area contributed by atoms with Crippen LogP contribution in [-0.4, -0.2) is 30.6 Å². The van der Waals surface area contributed by atoms with Crippen molar-refractivity contribution in [1.82, 2.24) is 19.5 Å². The summed E-state index contributed by atoms with van der Waals surface area (Å²) in [6.45, 7) is 1.78. The summed E-state index contributed by atoms with van der Waals surface area (Å²) in [6, 6.07) is 0. The molecule has 0 radical (unpaired) electrons. The lowest BCUT2D eigenvalue weighted by molar-refractivity contribution is 0.0694. The van der Waals surface area contributed by atoms with E-state index in [1.807, 2.05) is 22.6 Å². The third kappa shape index (κ3) is 2.78. The van der Waals surface area contributed by atoms with Crippen LogP contribution in [0.2, 0.25) is 0 Å². The van der Waals surface area contributed by atoms with Crippen molar-refractivity contribution in [3.63, 3.8) is 0 Å². The van der Waals surface area contributed by atoms with Gasteiger partial charge in [0.05, 0.1) is 27.8 Å². The van der Waals surface area contributed by atoms with Crippen LogP contribution in [0, 0.1) is 10.5 Å². The molecule has 98 valence electrons. The smallest absolute Gasteiger partial charge is 0.339 e. The molecule has 0 unspecified atom stereocenters. The van der Waals surface area contributed by atoms with Crippen molar-refractivity contribution in [3.05, 3.63) is 49.7 Å². The molecule has 0 fully saturated rings. The molecule has 0 bridgehead atoms. The Labute approximate surface area is 121 Å². The van der Waals surface area contributed by atoms with Crippen molar-refractivity contribution >= 4 is 28.6 Å². The third-order valence-electron chi connectivity index (χ3n) is 2.50. The van der Waals surface area contributed by atoms with Gasteiger partial charge in [-0.2, -0.15) is 0 Å². The summed E-state index contributed by atoms with van der Waals surface area (Å²) in [7, 11) is 0. The SMILES string of the molecule is Cc1ncn(Cc2ncncc2C(=O)O)c(=O)c1I. The van der Waals surface area contributed by atoms with Crippen molar-refractivity contribution in [1.29, 1.82) is 0 Å². The van der Waals surface area contributed by atoms with E-state index in [0.717, 1.165) is 0 Å². The zero-order valence-electron chi connectivity index (χ0n) is 9.87. The second-order valence-electron chi connectivity index (χ2n) is 3.77. The van der Waals surface area contributed by atoms with Crippen molar-refractivity contribution in [3.8, 4) is 0 Å². The topological polar surface area (TPSA) is 98.0 Å². The molecule has 0 aromatic carbocycles. The van der Waals surface area contributed by atoms with E-state index in [1.54, 1.807) is 6.92 Å². The highest BCUT2D eigenvalue weighted by Gasteiger charge is 2.13. The number of hydrogen-bond acceptors (Lipinski definition) is 5. The maximum absolute atomic E-state index is 12.0. The number of aryl methyl sites for hydroxylation is 1. The zero-order valence-corrected chi connectivity index (χ0v) is 12.0. The van der Waals surface area contributed by atoms with Crippen LogP contribution in [0.5, 0.6) is 0 Å². The summed E-state index contributed by atoms with van der Waals surface area (Å²) in [4.78, 5) is 34.7. The molecule has 0 aliphatic heterocycles. The highest BCUT2D eigenvalue weighted by atomic mass is 127. The first-order chi connectivity index (χ1) is 9.00. The molecule has 2 aromatic rings. The number of carboxylic acid groups (broad SMARTS) is 1. The van der Waals surface area contributed by atoms with Crippen LogP contribution in [0.3, 0.4) is 0 Å². The predicted molar refractivity (Wildman–Crippen MR) is 74.0 cm³/mol. The van der Waals surface area contributed by atoms with E-state index >= 15 is 0 Å². The summed E-state index contributed by atoms with van der Waals surface area (Å²) in [5.41, 5.74) is 0.669. The molecule has 2 aromatic heterocycles. The molecular weight excluding hydrogens is 363 g/mol. The molecule has 2 rings (SSSR count). The Morgan fingerprint density at radius 1 is 1.47 bits per heavy atom. The summed E-state index contributed by atoms with van der Waals surface area (Å²) < 4.78 is 1.83. The van der Waals surface area contributed by atoms with Crippen LogP contribution in [0.25, 0.3) is 0 Å². The Hall–Kier alpha value is -1.84. The van der Waals surface area contributed by atoms with Gasteiger partial charge in [0, 0.05) is 6.20 Å². The molecule has 0 spiro atoms. The number of nitrogens with zero attached hydrogens (tertiary/aromatic N) is 4. The summed E-state index contributed by atoms with van der Waals surface area (Å²) >= 11 is 1.91. The average molecular weight is 372 g/mol. The Balaban J connectivity index is 2.46. The Kier molecular flexibility index (Phi) is 3.88. The number of halogens is 1. The molecule has 0 amide bonds. The average Bonchev–Trinajstić information content (AvgIpc) is 2.40. The summed E-state index contributed by atoms with van der Waals surface area (Å²) in [6.07, 6.45) is 3.84. The van der Waals surface area contributed by atoms with E-state index in [0.29, 0.717) is 9.26 Å². The third-order valence-corrected chi connectivity index (χ3v) is 3.74. The number of carboxylic acids is 1. The van der Waals surface area contributed by atoms with E-state index in [4.69, 9.17) is 5.11 Å². The molecule has 0 saturated heterocycles. The van der Waals surface area contributed by atoms with Gasteiger partial charge in [0.1, 0.15) is 11.9 Å². The summed E-state index contributed by atoms with van der Waals surface area (Å²) in [5, 5.41) is 9.03. The predicted octanol–water partition coefficient (Wildman–Crippen LogP) is 0.693. The van der Waals surface area contributed by atoms with Crippen LogP contribution in [-0.2, 0) is 6.54 Å². The monoisotopic (exact) mass is 372 g/mol. The second-order valence-corrected chi connectivity index (χ2v) is 4.84. The number of carbonyl (C=O) groups is 1. The van der Waals surface area contributed by atoms with E-state index in [9.17, 15) is 9.59 Å². The van der Waals surface area contributed by atoms with Gasteiger partial charge >= 0.3 is 5.97 Å². The number of aromatic nitrogens is 4. The fourth-order valence-corrected chi connectivity index (χ4v) is 1.93. The molecule has 7 nitrogen and oxygen atoms in total. The molecule has 19 heavy (non-hydrogen) atoms. The van der Waals surface area contributed by atoms with E-state index in [2.05, 4.69) is 15.0 Å². The molecule has 0 saturated carbocycles. The van der Waals surface area contributed by atoms with Gasteiger partial charge in [-0.3, -0.25) is 9.36 Å². The fraction of sp³-hybridized carbons (Fsp3) is 0.182. The Bertz CT molecular complexity index is 699. The van der Waals surface area contributed by atoms with Crippen LogP contribution < -0.4 is 5.56 Å². The highest BCUT2D eigenvalue weighted by Crippen LogP contribution is 2.06. The highest BCUT2D eigenvalue weighted by molar-refractivity contribution is 14.1.